The number of fused-ring (bicyclic) bond motifs is 1. The van der Waals surface area contributed by atoms with Gasteiger partial charge in [0.15, 0.2) is 0 Å². The van der Waals surface area contributed by atoms with Crippen molar-refractivity contribution < 1.29 is 9.59 Å². The number of nitrogens with zero attached hydrogens (tertiary/aromatic N) is 3. The molecule has 3 rings (SSSR count). The Hall–Kier alpha value is -2.28. The van der Waals surface area contributed by atoms with Crippen molar-refractivity contribution >= 4 is 39.1 Å². The lowest BCUT2D eigenvalue weighted by Gasteiger charge is -2.18. The number of benzene rings is 1. The molecular weight excluding hydrogens is 300 g/mol. The smallest absolute Gasteiger partial charge is 0.267 e. The molecule has 0 unspecified atom stereocenters. The highest BCUT2D eigenvalue weighted by molar-refractivity contribution is 7.18. The Morgan fingerprint density at radius 3 is 2.95 bits per heavy atom. The molecule has 0 fully saturated rings. The van der Waals surface area contributed by atoms with Gasteiger partial charge in [0.1, 0.15) is 5.71 Å². The van der Waals surface area contributed by atoms with Gasteiger partial charge in [0.05, 0.1) is 15.2 Å². The van der Waals surface area contributed by atoms with Crippen LogP contribution < -0.4 is 5.32 Å². The van der Waals surface area contributed by atoms with Crippen molar-refractivity contribution in [3.05, 3.63) is 29.3 Å². The van der Waals surface area contributed by atoms with Crippen LogP contribution in [0.4, 0.5) is 0 Å². The predicted molar refractivity (Wildman–Crippen MR) is 85.8 cm³/mol. The third kappa shape index (κ3) is 3.14. The lowest BCUT2D eigenvalue weighted by atomic mass is 10.1. The number of hydrazone groups is 1. The number of hydrogen-bond donors (Lipinski definition) is 1. The molecule has 1 aliphatic heterocycles. The maximum absolute atomic E-state index is 12.0. The molecule has 0 atom stereocenters. The molecule has 7 heteroatoms. The standard InChI is InChI=1S/C15H16N4O2S/c1-19-14(20)7-6-11(18-19)15(21)16-9-8-13-17-10-4-2-3-5-12(10)22-13/h2-5H,6-9H2,1H3,(H,16,21). The molecule has 0 saturated carbocycles. The van der Waals surface area contributed by atoms with E-state index in [1.54, 1.807) is 18.4 Å². The number of amides is 2. The molecule has 22 heavy (non-hydrogen) atoms. The Kier molecular flexibility index (Phi) is 4.15. The van der Waals surface area contributed by atoms with E-state index in [0.717, 1.165) is 15.2 Å². The minimum atomic E-state index is -0.208. The summed E-state index contributed by atoms with van der Waals surface area (Å²) in [4.78, 5) is 27.9. The van der Waals surface area contributed by atoms with E-state index in [2.05, 4.69) is 15.4 Å². The van der Waals surface area contributed by atoms with Crippen LogP contribution in [0, 0.1) is 0 Å². The molecule has 114 valence electrons. The Balaban J connectivity index is 1.55. The van der Waals surface area contributed by atoms with Crippen LogP contribution in [-0.4, -0.2) is 41.1 Å². The zero-order chi connectivity index (χ0) is 15.5. The molecule has 0 bridgehead atoms. The van der Waals surface area contributed by atoms with E-state index in [1.807, 2.05) is 24.3 Å². The van der Waals surface area contributed by atoms with Crippen LogP contribution in [0.5, 0.6) is 0 Å². The van der Waals surface area contributed by atoms with Crippen molar-refractivity contribution in [2.75, 3.05) is 13.6 Å². The minimum Gasteiger partial charge on any atom is -0.351 e. The molecule has 6 nitrogen and oxygen atoms in total. The average molecular weight is 316 g/mol. The lowest BCUT2D eigenvalue weighted by Crippen LogP contribution is -2.38. The van der Waals surface area contributed by atoms with Gasteiger partial charge in [-0.3, -0.25) is 9.59 Å². The molecule has 1 aliphatic rings. The Morgan fingerprint density at radius 1 is 1.36 bits per heavy atom. The second kappa shape index (κ2) is 6.23. The number of rotatable bonds is 4. The van der Waals surface area contributed by atoms with Gasteiger partial charge in [-0.25, -0.2) is 9.99 Å². The first-order valence-corrected chi connectivity index (χ1v) is 7.92. The molecule has 2 aromatic rings. The van der Waals surface area contributed by atoms with Crippen molar-refractivity contribution in [1.29, 1.82) is 0 Å². The summed E-state index contributed by atoms with van der Waals surface area (Å²) in [6.07, 6.45) is 1.42. The number of aromatic nitrogens is 1. The van der Waals surface area contributed by atoms with Crippen LogP contribution in [0.1, 0.15) is 17.8 Å². The van der Waals surface area contributed by atoms with Crippen LogP contribution in [0.2, 0.25) is 0 Å². The van der Waals surface area contributed by atoms with E-state index < -0.39 is 0 Å². The fraction of sp³-hybridized carbons (Fsp3) is 0.333. The number of carbonyl (C=O) groups is 2. The van der Waals surface area contributed by atoms with E-state index in [1.165, 1.54) is 5.01 Å². The molecule has 0 saturated heterocycles. The van der Waals surface area contributed by atoms with Gasteiger partial charge in [0, 0.05) is 32.9 Å². The normalized spacial score (nSPS) is 15.0. The van der Waals surface area contributed by atoms with E-state index in [-0.39, 0.29) is 11.8 Å². The molecule has 0 aliphatic carbocycles. The number of hydrogen-bond acceptors (Lipinski definition) is 5. The monoisotopic (exact) mass is 316 g/mol. The molecule has 1 aromatic heterocycles. The van der Waals surface area contributed by atoms with Gasteiger partial charge in [-0.2, -0.15) is 5.10 Å². The van der Waals surface area contributed by atoms with Crippen LogP contribution in [0.15, 0.2) is 29.4 Å². The molecule has 2 heterocycles. The molecular formula is C15H16N4O2S. The Labute approximate surface area is 131 Å². The summed E-state index contributed by atoms with van der Waals surface area (Å²) in [5.41, 5.74) is 1.40. The zero-order valence-electron chi connectivity index (χ0n) is 12.2. The van der Waals surface area contributed by atoms with Gasteiger partial charge in [-0.05, 0) is 12.1 Å². The number of carbonyl (C=O) groups excluding carboxylic acids is 2. The largest absolute Gasteiger partial charge is 0.351 e. The second-order valence-electron chi connectivity index (χ2n) is 5.05. The summed E-state index contributed by atoms with van der Waals surface area (Å²) in [5, 5.41) is 9.07. The van der Waals surface area contributed by atoms with Gasteiger partial charge in [-0.15, -0.1) is 11.3 Å². The summed E-state index contributed by atoms with van der Waals surface area (Å²) in [5.74, 6) is -0.272. The van der Waals surface area contributed by atoms with Crippen molar-refractivity contribution in [3.8, 4) is 0 Å². The topological polar surface area (TPSA) is 74.7 Å². The zero-order valence-corrected chi connectivity index (χ0v) is 13.0. The van der Waals surface area contributed by atoms with Crippen LogP contribution in [-0.2, 0) is 16.0 Å². The van der Waals surface area contributed by atoms with Gasteiger partial charge in [0.25, 0.3) is 5.91 Å². The molecule has 1 N–H and O–H groups in total. The van der Waals surface area contributed by atoms with Crippen LogP contribution >= 0.6 is 11.3 Å². The average Bonchev–Trinajstić information content (AvgIpc) is 2.92. The summed E-state index contributed by atoms with van der Waals surface area (Å²) in [6.45, 7) is 0.509. The Bertz CT molecular complexity index is 720. The summed E-state index contributed by atoms with van der Waals surface area (Å²) in [6, 6.07) is 7.98. The van der Waals surface area contributed by atoms with E-state index in [0.29, 0.717) is 31.5 Å². The first kappa shape index (κ1) is 14.6. The highest BCUT2D eigenvalue weighted by Gasteiger charge is 2.21. The third-order valence-electron chi connectivity index (χ3n) is 3.43. The van der Waals surface area contributed by atoms with Gasteiger partial charge < -0.3 is 5.32 Å². The highest BCUT2D eigenvalue weighted by atomic mass is 32.1. The number of nitrogens with one attached hydrogen (secondary N) is 1. The molecule has 0 spiro atoms. The number of para-hydroxylation sites is 1. The lowest BCUT2D eigenvalue weighted by molar-refractivity contribution is -0.130. The van der Waals surface area contributed by atoms with E-state index >= 15 is 0 Å². The number of thiazole rings is 1. The van der Waals surface area contributed by atoms with Gasteiger partial charge in [-0.1, -0.05) is 12.1 Å². The molecule has 1 aromatic carbocycles. The van der Waals surface area contributed by atoms with Crippen molar-refractivity contribution in [1.82, 2.24) is 15.3 Å². The van der Waals surface area contributed by atoms with Crippen LogP contribution in [0.3, 0.4) is 0 Å². The molecule has 0 radical (unpaired) electrons. The second-order valence-corrected chi connectivity index (χ2v) is 6.16. The fourth-order valence-electron chi connectivity index (χ4n) is 2.24. The first-order chi connectivity index (χ1) is 10.6. The third-order valence-corrected chi connectivity index (χ3v) is 4.53. The maximum Gasteiger partial charge on any atom is 0.267 e. The van der Waals surface area contributed by atoms with Gasteiger partial charge >= 0.3 is 0 Å². The van der Waals surface area contributed by atoms with E-state index in [4.69, 9.17) is 0 Å². The molecule has 2 amide bonds. The van der Waals surface area contributed by atoms with E-state index in [9.17, 15) is 9.59 Å². The van der Waals surface area contributed by atoms with Crippen molar-refractivity contribution in [2.45, 2.75) is 19.3 Å². The fourth-order valence-corrected chi connectivity index (χ4v) is 3.21. The summed E-state index contributed by atoms with van der Waals surface area (Å²) >= 11 is 1.64. The minimum absolute atomic E-state index is 0.0639. The summed E-state index contributed by atoms with van der Waals surface area (Å²) in [7, 11) is 1.57. The van der Waals surface area contributed by atoms with Crippen molar-refractivity contribution in [3.63, 3.8) is 0 Å². The first-order valence-electron chi connectivity index (χ1n) is 7.10. The summed E-state index contributed by atoms with van der Waals surface area (Å²) < 4.78 is 1.15. The van der Waals surface area contributed by atoms with Crippen molar-refractivity contribution in [2.24, 2.45) is 5.10 Å². The maximum atomic E-state index is 12.0. The SMILES string of the molecule is CN1N=C(C(=O)NCCc2nc3ccccc3s2)CCC1=O. The predicted octanol–water partition coefficient (Wildman–Crippen LogP) is 1.56. The Morgan fingerprint density at radius 2 is 2.18 bits per heavy atom. The van der Waals surface area contributed by atoms with Gasteiger partial charge in [0.2, 0.25) is 5.91 Å². The quantitative estimate of drug-likeness (QED) is 0.930. The van der Waals surface area contributed by atoms with Crippen LogP contribution in [0.25, 0.3) is 10.2 Å². The highest BCUT2D eigenvalue weighted by Crippen LogP contribution is 2.21.